The van der Waals surface area contributed by atoms with Gasteiger partial charge in [-0.15, -0.1) is 0 Å². The molecule has 0 aliphatic carbocycles. The Kier molecular flexibility index (Phi) is 3.36. The largest absolute Gasteiger partial charge is 0.399 e. The molecule has 4 nitrogen and oxygen atoms in total. The number of aryl methyl sites for hydroxylation is 1. The molecule has 0 atom stereocenters. The van der Waals surface area contributed by atoms with Crippen LogP contribution in [0.1, 0.15) is 16.7 Å². The fourth-order valence-corrected chi connectivity index (χ4v) is 1.86. The molecule has 19 heavy (non-hydrogen) atoms. The summed E-state index contributed by atoms with van der Waals surface area (Å²) in [7, 11) is 0. The second-order valence-corrected chi connectivity index (χ2v) is 4.24. The standard InChI is InChI=1S/C15H12N4/c1-10-4-13(18)7-15(5-10)19-14-3-2-11(8-16)12(6-14)9-17/h2-7,19H,18H2,1H3. The summed E-state index contributed by atoms with van der Waals surface area (Å²) in [5.74, 6) is 0. The molecule has 0 saturated carbocycles. The minimum absolute atomic E-state index is 0.355. The van der Waals surface area contributed by atoms with Gasteiger partial charge in [-0.3, -0.25) is 0 Å². The maximum absolute atomic E-state index is 8.98. The van der Waals surface area contributed by atoms with Crippen LogP contribution in [0.15, 0.2) is 36.4 Å². The number of nitrogens with one attached hydrogen (secondary N) is 1. The van der Waals surface area contributed by atoms with Gasteiger partial charge in [0, 0.05) is 17.1 Å². The molecule has 92 valence electrons. The molecule has 0 saturated heterocycles. The lowest BCUT2D eigenvalue weighted by atomic mass is 10.1. The van der Waals surface area contributed by atoms with Gasteiger partial charge < -0.3 is 11.1 Å². The third-order valence-electron chi connectivity index (χ3n) is 2.65. The van der Waals surface area contributed by atoms with Crippen LogP contribution in [0.3, 0.4) is 0 Å². The summed E-state index contributed by atoms with van der Waals surface area (Å²) in [6, 6.07) is 14.7. The molecule has 2 rings (SSSR count). The summed E-state index contributed by atoms with van der Waals surface area (Å²) in [5.41, 5.74) is 9.84. The highest BCUT2D eigenvalue weighted by atomic mass is 14.9. The van der Waals surface area contributed by atoms with Gasteiger partial charge in [-0.2, -0.15) is 10.5 Å². The fourth-order valence-electron chi connectivity index (χ4n) is 1.86. The average molecular weight is 248 g/mol. The molecule has 0 fully saturated rings. The molecule has 0 bridgehead atoms. The lowest BCUT2D eigenvalue weighted by Gasteiger charge is -2.09. The first kappa shape index (κ1) is 12.5. The number of nitriles is 2. The molecule has 0 unspecified atom stereocenters. The van der Waals surface area contributed by atoms with Crippen LogP contribution < -0.4 is 11.1 Å². The second kappa shape index (κ2) is 5.12. The van der Waals surface area contributed by atoms with Gasteiger partial charge in [0.25, 0.3) is 0 Å². The fraction of sp³-hybridized carbons (Fsp3) is 0.0667. The van der Waals surface area contributed by atoms with Crippen molar-refractivity contribution in [1.29, 1.82) is 10.5 Å². The molecular formula is C15H12N4. The lowest BCUT2D eigenvalue weighted by molar-refractivity contribution is 1.41. The Morgan fingerprint density at radius 2 is 1.68 bits per heavy atom. The van der Waals surface area contributed by atoms with Crippen molar-refractivity contribution in [3.05, 3.63) is 53.1 Å². The van der Waals surface area contributed by atoms with Crippen LogP contribution in [0, 0.1) is 29.6 Å². The summed E-state index contributed by atoms with van der Waals surface area (Å²) in [6.07, 6.45) is 0. The molecule has 0 aliphatic heterocycles. The third kappa shape index (κ3) is 2.83. The van der Waals surface area contributed by atoms with Crippen molar-refractivity contribution in [2.24, 2.45) is 0 Å². The number of nitrogens with two attached hydrogens (primary N) is 1. The molecule has 4 heteroatoms. The molecule has 2 aromatic carbocycles. The number of nitrogens with zero attached hydrogens (tertiary/aromatic N) is 2. The first-order chi connectivity index (χ1) is 9.12. The molecular weight excluding hydrogens is 236 g/mol. The topological polar surface area (TPSA) is 85.6 Å². The SMILES string of the molecule is Cc1cc(N)cc(Nc2ccc(C#N)c(C#N)c2)c1. The van der Waals surface area contributed by atoms with Gasteiger partial charge in [0.2, 0.25) is 0 Å². The molecule has 2 aromatic rings. The van der Waals surface area contributed by atoms with Crippen LogP contribution in [0.2, 0.25) is 0 Å². The van der Waals surface area contributed by atoms with Gasteiger partial charge in [0.05, 0.1) is 11.1 Å². The maximum Gasteiger partial charge on any atom is 0.101 e. The van der Waals surface area contributed by atoms with E-state index < -0.39 is 0 Å². The van der Waals surface area contributed by atoms with E-state index in [0.29, 0.717) is 16.8 Å². The third-order valence-corrected chi connectivity index (χ3v) is 2.65. The number of anilines is 3. The van der Waals surface area contributed by atoms with Crippen LogP contribution in [0.25, 0.3) is 0 Å². The molecule has 0 aromatic heterocycles. The van der Waals surface area contributed by atoms with Crippen molar-refractivity contribution in [1.82, 2.24) is 0 Å². The van der Waals surface area contributed by atoms with Crippen molar-refractivity contribution < 1.29 is 0 Å². The predicted octanol–water partition coefficient (Wildman–Crippen LogP) is 3.06. The summed E-state index contributed by atoms with van der Waals surface area (Å²) in [4.78, 5) is 0. The minimum Gasteiger partial charge on any atom is -0.399 e. The monoisotopic (exact) mass is 248 g/mol. The predicted molar refractivity (Wildman–Crippen MR) is 74.7 cm³/mol. The smallest absolute Gasteiger partial charge is 0.101 e. The average Bonchev–Trinajstić information content (AvgIpc) is 2.37. The van der Waals surface area contributed by atoms with E-state index in [0.717, 1.165) is 16.9 Å². The highest BCUT2D eigenvalue weighted by molar-refractivity contribution is 5.67. The Morgan fingerprint density at radius 1 is 0.947 bits per heavy atom. The van der Waals surface area contributed by atoms with Crippen molar-refractivity contribution in [3.63, 3.8) is 0 Å². The summed E-state index contributed by atoms with van der Waals surface area (Å²) < 4.78 is 0. The Bertz CT molecular complexity index is 685. The minimum atomic E-state index is 0.355. The van der Waals surface area contributed by atoms with E-state index in [4.69, 9.17) is 16.3 Å². The number of hydrogen-bond acceptors (Lipinski definition) is 4. The van der Waals surface area contributed by atoms with Crippen LogP contribution in [0.5, 0.6) is 0 Å². The van der Waals surface area contributed by atoms with E-state index in [-0.39, 0.29) is 0 Å². The van der Waals surface area contributed by atoms with Crippen LogP contribution in [0.4, 0.5) is 17.1 Å². The van der Waals surface area contributed by atoms with Gasteiger partial charge in [-0.1, -0.05) is 0 Å². The molecule has 0 radical (unpaired) electrons. The highest BCUT2D eigenvalue weighted by Crippen LogP contribution is 2.22. The zero-order valence-electron chi connectivity index (χ0n) is 10.4. The van der Waals surface area contributed by atoms with Crippen molar-refractivity contribution >= 4 is 17.1 Å². The lowest BCUT2D eigenvalue weighted by Crippen LogP contribution is -1.95. The summed E-state index contributed by atoms with van der Waals surface area (Å²) in [5, 5.41) is 21.0. The summed E-state index contributed by atoms with van der Waals surface area (Å²) >= 11 is 0. The van der Waals surface area contributed by atoms with E-state index in [2.05, 4.69) is 5.32 Å². The van der Waals surface area contributed by atoms with Crippen LogP contribution in [-0.4, -0.2) is 0 Å². The molecule has 0 spiro atoms. The van der Waals surface area contributed by atoms with Crippen molar-refractivity contribution in [2.45, 2.75) is 6.92 Å². The maximum atomic E-state index is 8.98. The van der Waals surface area contributed by atoms with Gasteiger partial charge >= 0.3 is 0 Å². The Balaban J connectivity index is 2.34. The van der Waals surface area contributed by atoms with Gasteiger partial charge in [0.15, 0.2) is 0 Å². The van der Waals surface area contributed by atoms with E-state index in [1.165, 1.54) is 0 Å². The Hall–Kier alpha value is -2.98. The van der Waals surface area contributed by atoms with Gasteiger partial charge in [-0.25, -0.2) is 0 Å². The van der Waals surface area contributed by atoms with E-state index in [1.54, 1.807) is 18.2 Å². The number of rotatable bonds is 2. The zero-order valence-corrected chi connectivity index (χ0v) is 10.4. The van der Waals surface area contributed by atoms with E-state index >= 15 is 0 Å². The van der Waals surface area contributed by atoms with Crippen LogP contribution in [-0.2, 0) is 0 Å². The quantitative estimate of drug-likeness (QED) is 0.800. The highest BCUT2D eigenvalue weighted by Gasteiger charge is 2.03. The number of nitrogen functional groups attached to an aromatic ring is 1. The Morgan fingerprint density at radius 3 is 2.32 bits per heavy atom. The van der Waals surface area contributed by atoms with Gasteiger partial charge in [0.1, 0.15) is 12.1 Å². The van der Waals surface area contributed by atoms with E-state index in [9.17, 15) is 0 Å². The van der Waals surface area contributed by atoms with Gasteiger partial charge in [-0.05, 0) is 48.9 Å². The first-order valence-electron chi connectivity index (χ1n) is 5.71. The molecule has 0 heterocycles. The van der Waals surface area contributed by atoms with Crippen LogP contribution >= 0.6 is 0 Å². The second-order valence-electron chi connectivity index (χ2n) is 4.24. The number of benzene rings is 2. The summed E-state index contributed by atoms with van der Waals surface area (Å²) in [6.45, 7) is 1.96. The number of hydrogen-bond donors (Lipinski definition) is 2. The normalized spacial score (nSPS) is 9.42. The Labute approximate surface area is 111 Å². The molecule has 3 N–H and O–H groups in total. The van der Waals surface area contributed by atoms with Crippen molar-refractivity contribution in [3.8, 4) is 12.1 Å². The van der Waals surface area contributed by atoms with Crippen molar-refractivity contribution in [2.75, 3.05) is 11.1 Å². The first-order valence-corrected chi connectivity index (χ1v) is 5.71. The molecule has 0 amide bonds. The van der Waals surface area contributed by atoms with E-state index in [1.807, 2.05) is 37.3 Å². The zero-order chi connectivity index (χ0) is 13.8. The molecule has 0 aliphatic rings.